The molecule has 0 aromatic heterocycles. The maximum absolute atomic E-state index is 12.1. The minimum absolute atomic E-state index is 0.0501. The number of nitrogens with zero attached hydrogens (tertiary/aromatic N) is 1. The van der Waals surface area contributed by atoms with Crippen LogP contribution in [0.4, 0.5) is 0 Å². The zero-order valence-electron chi connectivity index (χ0n) is 9.08. The Bertz CT molecular complexity index is 440. The first-order chi connectivity index (χ1) is 8.02. The molecule has 1 aromatic rings. The van der Waals surface area contributed by atoms with Gasteiger partial charge in [-0.25, -0.2) is 8.42 Å². The number of benzene rings is 1. The maximum Gasteiger partial charge on any atom is 0.243 e. The minimum Gasteiger partial charge on any atom is -0.395 e. The van der Waals surface area contributed by atoms with E-state index in [0.717, 1.165) is 4.31 Å². The molecule has 0 atom stereocenters. The fourth-order valence-electron chi connectivity index (χ4n) is 1.33. The first-order valence-corrected chi connectivity index (χ1v) is 6.81. The van der Waals surface area contributed by atoms with Crippen LogP contribution in [0.2, 0.25) is 5.02 Å². The third-order valence-corrected chi connectivity index (χ3v) is 4.32. The molecule has 0 unspecified atom stereocenters. The Balaban J connectivity index is 3.02. The zero-order chi connectivity index (χ0) is 12.9. The first kappa shape index (κ1) is 14.4. The van der Waals surface area contributed by atoms with E-state index in [-0.39, 0.29) is 31.2 Å². The molecule has 5 nitrogen and oxygen atoms in total. The van der Waals surface area contributed by atoms with E-state index in [1.54, 1.807) is 0 Å². The molecule has 0 aliphatic carbocycles. The SMILES string of the molecule is O=S(=O)(c1ccc(Cl)cc1)N(CCO)CCO. The van der Waals surface area contributed by atoms with Crippen LogP contribution in [0, 0.1) is 0 Å². The Morgan fingerprint density at radius 2 is 1.53 bits per heavy atom. The van der Waals surface area contributed by atoms with Gasteiger partial charge in [-0.3, -0.25) is 0 Å². The number of hydrogen-bond donors (Lipinski definition) is 2. The van der Waals surface area contributed by atoms with Crippen LogP contribution in [0.3, 0.4) is 0 Å². The van der Waals surface area contributed by atoms with Gasteiger partial charge in [0.05, 0.1) is 18.1 Å². The lowest BCUT2D eigenvalue weighted by Crippen LogP contribution is -2.35. The second kappa shape index (κ2) is 6.32. The van der Waals surface area contributed by atoms with Crippen LogP contribution in [0.15, 0.2) is 29.2 Å². The Kier molecular flexibility index (Phi) is 5.35. The standard InChI is InChI=1S/C10H14ClNO4S/c11-9-1-3-10(4-2-9)17(15,16)12(5-7-13)6-8-14/h1-4,13-14H,5-8H2. The van der Waals surface area contributed by atoms with Crippen molar-refractivity contribution in [3.05, 3.63) is 29.3 Å². The normalized spacial score (nSPS) is 12.0. The Morgan fingerprint density at radius 1 is 1.06 bits per heavy atom. The van der Waals surface area contributed by atoms with Crippen LogP contribution in [0.1, 0.15) is 0 Å². The largest absolute Gasteiger partial charge is 0.395 e. The van der Waals surface area contributed by atoms with E-state index in [4.69, 9.17) is 21.8 Å². The van der Waals surface area contributed by atoms with Crippen molar-refractivity contribution in [2.24, 2.45) is 0 Å². The molecule has 7 heteroatoms. The molecular weight excluding hydrogens is 266 g/mol. The van der Waals surface area contributed by atoms with Crippen LogP contribution in [-0.4, -0.2) is 49.2 Å². The molecule has 0 saturated heterocycles. The summed E-state index contributed by atoms with van der Waals surface area (Å²) < 4.78 is 25.2. The van der Waals surface area contributed by atoms with Gasteiger partial charge in [0.25, 0.3) is 0 Å². The van der Waals surface area contributed by atoms with E-state index in [1.165, 1.54) is 24.3 Å². The summed E-state index contributed by atoms with van der Waals surface area (Å²) in [6, 6.07) is 5.73. The maximum atomic E-state index is 12.1. The summed E-state index contributed by atoms with van der Waals surface area (Å²) in [5, 5.41) is 18.1. The van der Waals surface area contributed by atoms with Crippen LogP contribution in [0.25, 0.3) is 0 Å². The van der Waals surface area contributed by atoms with Gasteiger partial charge in [-0.05, 0) is 24.3 Å². The van der Waals surface area contributed by atoms with Gasteiger partial charge in [0.1, 0.15) is 0 Å². The van der Waals surface area contributed by atoms with E-state index in [1.807, 2.05) is 0 Å². The van der Waals surface area contributed by atoms with Gasteiger partial charge in [0, 0.05) is 18.1 Å². The molecule has 0 spiro atoms. The van der Waals surface area contributed by atoms with Gasteiger partial charge in [0.15, 0.2) is 0 Å². The molecule has 0 fully saturated rings. The quantitative estimate of drug-likeness (QED) is 0.786. The average molecular weight is 280 g/mol. The summed E-state index contributed by atoms with van der Waals surface area (Å²) in [5.41, 5.74) is 0. The smallest absolute Gasteiger partial charge is 0.243 e. The molecule has 96 valence electrons. The van der Waals surface area contributed by atoms with Gasteiger partial charge < -0.3 is 10.2 Å². The molecule has 17 heavy (non-hydrogen) atoms. The summed E-state index contributed by atoms with van der Waals surface area (Å²) in [7, 11) is -3.69. The van der Waals surface area contributed by atoms with Gasteiger partial charge in [0.2, 0.25) is 10.0 Å². The monoisotopic (exact) mass is 279 g/mol. The second-order valence-corrected chi connectivity index (χ2v) is 5.68. The summed E-state index contributed by atoms with van der Waals surface area (Å²) in [6.07, 6.45) is 0. The number of hydrogen-bond acceptors (Lipinski definition) is 4. The van der Waals surface area contributed by atoms with Crippen LogP contribution in [-0.2, 0) is 10.0 Å². The summed E-state index contributed by atoms with van der Waals surface area (Å²) in [4.78, 5) is 0.0869. The fourth-order valence-corrected chi connectivity index (χ4v) is 2.88. The lowest BCUT2D eigenvalue weighted by atomic mass is 10.4. The van der Waals surface area contributed by atoms with Gasteiger partial charge in [-0.2, -0.15) is 4.31 Å². The zero-order valence-corrected chi connectivity index (χ0v) is 10.7. The molecule has 0 aliphatic heterocycles. The Labute approximate surface area is 105 Å². The molecule has 1 aromatic carbocycles. The minimum atomic E-state index is -3.69. The first-order valence-electron chi connectivity index (χ1n) is 5.00. The second-order valence-electron chi connectivity index (χ2n) is 3.31. The highest BCUT2D eigenvalue weighted by molar-refractivity contribution is 7.89. The van der Waals surface area contributed by atoms with E-state index >= 15 is 0 Å². The summed E-state index contributed by atoms with van der Waals surface area (Å²) in [6.45, 7) is -0.698. The lowest BCUT2D eigenvalue weighted by Gasteiger charge is -2.20. The number of aliphatic hydroxyl groups excluding tert-OH is 2. The Morgan fingerprint density at radius 3 is 1.94 bits per heavy atom. The molecule has 0 heterocycles. The van der Waals surface area contributed by atoms with Gasteiger partial charge in [-0.15, -0.1) is 0 Å². The molecule has 0 radical (unpaired) electrons. The van der Waals surface area contributed by atoms with E-state index < -0.39 is 10.0 Å². The third kappa shape index (κ3) is 3.65. The number of halogens is 1. The van der Waals surface area contributed by atoms with Gasteiger partial charge in [-0.1, -0.05) is 11.6 Å². The molecule has 0 saturated carbocycles. The average Bonchev–Trinajstić information content (AvgIpc) is 2.29. The van der Waals surface area contributed by atoms with Crippen molar-refractivity contribution in [3.63, 3.8) is 0 Å². The van der Waals surface area contributed by atoms with Crippen LogP contribution in [0.5, 0.6) is 0 Å². The van der Waals surface area contributed by atoms with E-state index in [9.17, 15) is 8.42 Å². The van der Waals surface area contributed by atoms with Crippen LogP contribution >= 0.6 is 11.6 Å². The van der Waals surface area contributed by atoms with Crippen molar-refractivity contribution >= 4 is 21.6 Å². The van der Waals surface area contributed by atoms with Crippen LogP contribution < -0.4 is 0 Å². The topological polar surface area (TPSA) is 77.8 Å². The predicted molar refractivity (Wildman–Crippen MR) is 64.4 cm³/mol. The molecule has 0 aliphatic rings. The number of rotatable bonds is 6. The van der Waals surface area contributed by atoms with Crippen molar-refractivity contribution in [2.75, 3.05) is 26.3 Å². The highest BCUT2D eigenvalue weighted by Crippen LogP contribution is 2.17. The molecular formula is C10H14ClNO4S. The lowest BCUT2D eigenvalue weighted by molar-refractivity contribution is 0.217. The number of sulfonamides is 1. The third-order valence-electron chi connectivity index (χ3n) is 2.15. The Hall–Kier alpha value is -0.660. The van der Waals surface area contributed by atoms with Gasteiger partial charge >= 0.3 is 0 Å². The van der Waals surface area contributed by atoms with E-state index in [2.05, 4.69) is 0 Å². The van der Waals surface area contributed by atoms with Crippen molar-refractivity contribution in [3.8, 4) is 0 Å². The molecule has 1 rings (SSSR count). The molecule has 2 N–H and O–H groups in total. The highest BCUT2D eigenvalue weighted by Gasteiger charge is 2.23. The summed E-state index contributed by atoms with van der Waals surface area (Å²) >= 11 is 5.68. The summed E-state index contributed by atoms with van der Waals surface area (Å²) in [5.74, 6) is 0. The highest BCUT2D eigenvalue weighted by atomic mass is 35.5. The van der Waals surface area contributed by atoms with E-state index in [0.29, 0.717) is 5.02 Å². The van der Waals surface area contributed by atoms with Crippen molar-refractivity contribution in [1.82, 2.24) is 4.31 Å². The van der Waals surface area contributed by atoms with Crippen molar-refractivity contribution < 1.29 is 18.6 Å². The fraction of sp³-hybridized carbons (Fsp3) is 0.400. The van der Waals surface area contributed by atoms with Crippen molar-refractivity contribution in [1.29, 1.82) is 0 Å². The molecule has 0 amide bonds. The van der Waals surface area contributed by atoms with Crippen molar-refractivity contribution in [2.45, 2.75) is 4.90 Å². The number of aliphatic hydroxyl groups is 2. The predicted octanol–water partition coefficient (Wildman–Crippen LogP) is 0.315. The molecule has 0 bridgehead atoms.